The van der Waals surface area contributed by atoms with Crippen molar-refractivity contribution in [3.8, 4) is 11.5 Å². The van der Waals surface area contributed by atoms with Gasteiger partial charge in [-0.25, -0.2) is 4.98 Å². The molecule has 0 saturated carbocycles. The van der Waals surface area contributed by atoms with Crippen molar-refractivity contribution in [3.63, 3.8) is 0 Å². The van der Waals surface area contributed by atoms with Gasteiger partial charge in [0.2, 0.25) is 0 Å². The fraction of sp³-hybridized carbons (Fsp3) is 0.500. The van der Waals surface area contributed by atoms with E-state index in [-0.39, 0.29) is 11.0 Å². The highest BCUT2D eigenvalue weighted by atomic mass is 16.5. The van der Waals surface area contributed by atoms with E-state index in [1.54, 1.807) is 14.2 Å². The van der Waals surface area contributed by atoms with Gasteiger partial charge in [0.25, 0.3) is 5.56 Å². The highest BCUT2D eigenvalue weighted by Crippen LogP contribution is 2.25. The van der Waals surface area contributed by atoms with Gasteiger partial charge < -0.3 is 14.5 Å². The zero-order valence-electron chi connectivity index (χ0n) is 16.2. The van der Waals surface area contributed by atoms with Crippen molar-refractivity contribution in [1.82, 2.24) is 14.9 Å². The molecule has 0 unspecified atom stereocenters. The Kier molecular flexibility index (Phi) is 5.05. The second kappa shape index (κ2) is 7.11. The van der Waals surface area contributed by atoms with Crippen LogP contribution in [0.2, 0.25) is 0 Å². The molecule has 0 bridgehead atoms. The molecule has 6 heteroatoms. The van der Waals surface area contributed by atoms with Gasteiger partial charge in [0.15, 0.2) is 0 Å². The lowest BCUT2D eigenvalue weighted by atomic mass is 9.95. The Bertz CT molecular complexity index is 830. The lowest BCUT2D eigenvalue weighted by molar-refractivity contribution is 0.238. The van der Waals surface area contributed by atoms with Gasteiger partial charge in [-0.1, -0.05) is 20.8 Å². The first-order chi connectivity index (χ1) is 12.3. The minimum Gasteiger partial charge on any atom is -0.497 e. The van der Waals surface area contributed by atoms with Crippen LogP contribution in [0, 0.1) is 0 Å². The number of benzene rings is 1. The van der Waals surface area contributed by atoms with Crippen molar-refractivity contribution < 1.29 is 9.47 Å². The van der Waals surface area contributed by atoms with Crippen LogP contribution in [0.3, 0.4) is 0 Å². The Labute approximate surface area is 154 Å². The van der Waals surface area contributed by atoms with Gasteiger partial charge in [0.05, 0.1) is 19.9 Å². The third-order valence-corrected chi connectivity index (χ3v) is 4.68. The summed E-state index contributed by atoms with van der Waals surface area (Å²) in [4.78, 5) is 22.4. The summed E-state index contributed by atoms with van der Waals surface area (Å²) in [6, 6.07) is 5.90. The van der Waals surface area contributed by atoms with E-state index in [1.165, 1.54) is 0 Å². The van der Waals surface area contributed by atoms with Gasteiger partial charge in [0, 0.05) is 36.7 Å². The number of hydrogen-bond acceptors (Lipinski definition) is 5. The summed E-state index contributed by atoms with van der Waals surface area (Å²) >= 11 is 0. The van der Waals surface area contributed by atoms with Gasteiger partial charge in [-0.2, -0.15) is 0 Å². The maximum Gasteiger partial charge on any atom is 0.254 e. The van der Waals surface area contributed by atoms with Gasteiger partial charge >= 0.3 is 0 Å². The molecule has 0 spiro atoms. The third-order valence-electron chi connectivity index (χ3n) is 4.68. The molecule has 1 aliphatic rings. The predicted molar refractivity (Wildman–Crippen MR) is 101 cm³/mol. The number of fused-ring (bicyclic) bond motifs is 1. The van der Waals surface area contributed by atoms with Crippen LogP contribution in [0.15, 0.2) is 23.0 Å². The Morgan fingerprint density at radius 1 is 1.15 bits per heavy atom. The molecule has 3 rings (SSSR count). The van der Waals surface area contributed by atoms with Crippen LogP contribution in [0.1, 0.15) is 43.4 Å². The molecular formula is C20H27N3O3. The van der Waals surface area contributed by atoms with Gasteiger partial charge in [-0.15, -0.1) is 0 Å². The first kappa shape index (κ1) is 18.5. The largest absolute Gasteiger partial charge is 0.497 e. The fourth-order valence-electron chi connectivity index (χ4n) is 3.20. The number of methoxy groups -OCH3 is 2. The second-order valence-corrected chi connectivity index (χ2v) is 7.77. The molecular weight excluding hydrogens is 330 g/mol. The summed E-state index contributed by atoms with van der Waals surface area (Å²) < 4.78 is 10.7. The average Bonchev–Trinajstić information content (AvgIpc) is 2.60. The smallest absolute Gasteiger partial charge is 0.254 e. The van der Waals surface area contributed by atoms with Crippen molar-refractivity contribution in [3.05, 3.63) is 51.2 Å². The zero-order chi connectivity index (χ0) is 18.9. The molecule has 0 radical (unpaired) electrons. The zero-order valence-corrected chi connectivity index (χ0v) is 16.2. The number of nitrogens with zero attached hydrogens (tertiary/aromatic N) is 2. The van der Waals surface area contributed by atoms with E-state index in [0.717, 1.165) is 47.2 Å². The minimum atomic E-state index is -0.184. The minimum absolute atomic E-state index is 0.00243. The third kappa shape index (κ3) is 3.90. The van der Waals surface area contributed by atoms with Crippen LogP contribution in [0.4, 0.5) is 0 Å². The standard InChI is InChI=1S/C20H27N3O3/c1-20(2,3)19-21-17-12-23(7-6-16(17)18(24)22-19)11-13-8-14(25-4)10-15(9-13)26-5/h8-10H,6-7,11-12H2,1-5H3,(H,21,22,24). The first-order valence-electron chi connectivity index (χ1n) is 8.87. The maximum atomic E-state index is 12.4. The average molecular weight is 357 g/mol. The Hall–Kier alpha value is -2.34. The second-order valence-electron chi connectivity index (χ2n) is 7.77. The number of aromatic nitrogens is 2. The summed E-state index contributed by atoms with van der Waals surface area (Å²) in [6.45, 7) is 8.42. The van der Waals surface area contributed by atoms with E-state index in [2.05, 4.69) is 30.7 Å². The predicted octanol–water partition coefficient (Wildman–Crippen LogP) is 2.64. The van der Waals surface area contributed by atoms with Crippen LogP contribution >= 0.6 is 0 Å². The summed E-state index contributed by atoms with van der Waals surface area (Å²) in [5, 5.41) is 0. The summed E-state index contributed by atoms with van der Waals surface area (Å²) in [5.41, 5.74) is 2.64. The molecule has 0 atom stereocenters. The van der Waals surface area contributed by atoms with E-state index >= 15 is 0 Å². The Morgan fingerprint density at radius 2 is 1.81 bits per heavy atom. The molecule has 0 fully saturated rings. The van der Waals surface area contributed by atoms with Crippen molar-refractivity contribution in [2.45, 2.75) is 45.7 Å². The Balaban J connectivity index is 1.84. The molecule has 1 aliphatic heterocycles. The number of ether oxygens (including phenoxy) is 2. The maximum absolute atomic E-state index is 12.4. The Morgan fingerprint density at radius 3 is 2.38 bits per heavy atom. The van der Waals surface area contributed by atoms with Crippen LogP contribution in [-0.4, -0.2) is 35.6 Å². The van der Waals surface area contributed by atoms with Gasteiger partial charge in [-0.3, -0.25) is 9.69 Å². The number of nitrogens with one attached hydrogen (secondary N) is 1. The van der Waals surface area contributed by atoms with Crippen LogP contribution in [-0.2, 0) is 24.9 Å². The van der Waals surface area contributed by atoms with Gasteiger partial charge in [-0.05, 0) is 24.1 Å². The molecule has 1 aromatic carbocycles. The van der Waals surface area contributed by atoms with Crippen molar-refractivity contribution in [2.75, 3.05) is 20.8 Å². The normalized spacial score (nSPS) is 14.8. The lowest BCUT2D eigenvalue weighted by Gasteiger charge is -2.29. The van der Waals surface area contributed by atoms with Crippen molar-refractivity contribution in [1.29, 1.82) is 0 Å². The van der Waals surface area contributed by atoms with E-state index in [1.807, 2.05) is 18.2 Å². The molecule has 6 nitrogen and oxygen atoms in total. The monoisotopic (exact) mass is 357 g/mol. The quantitative estimate of drug-likeness (QED) is 0.911. The number of H-pyrrole nitrogens is 1. The summed E-state index contributed by atoms with van der Waals surface area (Å²) in [6.07, 6.45) is 0.712. The number of aromatic amines is 1. The molecule has 0 aliphatic carbocycles. The molecule has 26 heavy (non-hydrogen) atoms. The van der Waals surface area contributed by atoms with Crippen molar-refractivity contribution in [2.24, 2.45) is 0 Å². The molecule has 2 aromatic rings. The number of hydrogen-bond donors (Lipinski definition) is 1. The molecule has 140 valence electrons. The molecule has 1 aromatic heterocycles. The first-order valence-corrected chi connectivity index (χ1v) is 8.87. The number of rotatable bonds is 4. The van der Waals surface area contributed by atoms with E-state index in [0.29, 0.717) is 13.0 Å². The summed E-state index contributed by atoms with van der Waals surface area (Å²) in [5.74, 6) is 2.30. The lowest BCUT2D eigenvalue weighted by Crippen LogP contribution is -2.36. The molecule has 1 N–H and O–H groups in total. The van der Waals surface area contributed by atoms with E-state index < -0.39 is 0 Å². The highest BCUT2D eigenvalue weighted by molar-refractivity contribution is 5.38. The van der Waals surface area contributed by atoms with Gasteiger partial charge in [0.1, 0.15) is 17.3 Å². The molecule has 0 saturated heterocycles. The van der Waals surface area contributed by atoms with Crippen LogP contribution < -0.4 is 15.0 Å². The van der Waals surface area contributed by atoms with E-state index in [9.17, 15) is 4.79 Å². The highest BCUT2D eigenvalue weighted by Gasteiger charge is 2.25. The van der Waals surface area contributed by atoms with Crippen LogP contribution in [0.25, 0.3) is 0 Å². The topological polar surface area (TPSA) is 67.5 Å². The fourth-order valence-corrected chi connectivity index (χ4v) is 3.20. The molecule has 0 amide bonds. The van der Waals surface area contributed by atoms with Crippen molar-refractivity contribution >= 4 is 0 Å². The SMILES string of the molecule is COc1cc(CN2CCc3c(nc(C(C)(C)C)[nH]c3=O)C2)cc(OC)c1. The van der Waals surface area contributed by atoms with Crippen LogP contribution in [0.5, 0.6) is 11.5 Å². The summed E-state index contributed by atoms with van der Waals surface area (Å²) in [7, 11) is 3.31. The van der Waals surface area contributed by atoms with E-state index in [4.69, 9.17) is 14.5 Å². The molecule has 2 heterocycles.